The molecule has 104 valence electrons. The molecular weight excluding hydrogens is 252 g/mol. The van der Waals surface area contributed by atoms with Crippen LogP contribution in [0.2, 0.25) is 0 Å². The van der Waals surface area contributed by atoms with Gasteiger partial charge >= 0.3 is 5.97 Å². The van der Waals surface area contributed by atoms with Crippen molar-refractivity contribution in [3.8, 4) is 5.75 Å². The monoisotopic (exact) mass is 270 g/mol. The Morgan fingerprint density at radius 1 is 1.05 bits per heavy atom. The normalized spacial score (nSPS) is 10.3. The topological polar surface area (TPSA) is 46.5 Å². The van der Waals surface area contributed by atoms with Crippen LogP contribution in [0.1, 0.15) is 32.6 Å². The van der Waals surface area contributed by atoms with Gasteiger partial charge in [0.2, 0.25) is 0 Å². The molecule has 0 saturated carbocycles. The molecule has 2 aromatic rings. The Kier molecular flexibility index (Phi) is 4.08. The summed E-state index contributed by atoms with van der Waals surface area (Å²) in [5.41, 5.74) is 4.64. The molecule has 2 aromatic carbocycles. The van der Waals surface area contributed by atoms with E-state index in [-0.39, 0.29) is 5.56 Å². The number of hydrogen-bond acceptors (Lipinski definition) is 2. The van der Waals surface area contributed by atoms with Crippen molar-refractivity contribution in [3.05, 3.63) is 64.2 Å². The Labute approximate surface area is 118 Å². The van der Waals surface area contributed by atoms with Crippen LogP contribution in [0, 0.1) is 20.8 Å². The van der Waals surface area contributed by atoms with E-state index >= 15 is 0 Å². The van der Waals surface area contributed by atoms with E-state index in [1.807, 2.05) is 6.92 Å². The molecule has 1 N–H and O–H groups in total. The Hall–Kier alpha value is -2.29. The predicted octanol–water partition coefficient (Wildman–Crippen LogP) is 3.89. The number of carboxylic acids is 1. The zero-order valence-electron chi connectivity index (χ0n) is 11.9. The van der Waals surface area contributed by atoms with E-state index in [1.165, 1.54) is 11.1 Å². The van der Waals surface area contributed by atoms with Crippen molar-refractivity contribution in [2.45, 2.75) is 27.4 Å². The van der Waals surface area contributed by atoms with Gasteiger partial charge in [-0.2, -0.15) is 0 Å². The minimum atomic E-state index is -0.922. The van der Waals surface area contributed by atoms with Gasteiger partial charge in [-0.15, -0.1) is 0 Å². The quantitative estimate of drug-likeness (QED) is 0.916. The highest BCUT2D eigenvalue weighted by atomic mass is 16.5. The number of aryl methyl sites for hydroxylation is 3. The molecule has 3 heteroatoms. The van der Waals surface area contributed by atoms with Crippen molar-refractivity contribution in [2.24, 2.45) is 0 Å². The summed E-state index contributed by atoms with van der Waals surface area (Å²) in [7, 11) is 0. The molecular formula is C17H18O3. The number of benzene rings is 2. The highest BCUT2D eigenvalue weighted by molar-refractivity contribution is 5.88. The lowest BCUT2D eigenvalue weighted by Crippen LogP contribution is -2.01. The third kappa shape index (κ3) is 3.38. The highest BCUT2D eigenvalue weighted by Gasteiger charge is 2.07. The zero-order valence-corrected chi connectivity index (χ0v) is 11.9. The van der Waals surface area contributed by atoms with Crippen LogP contribution in [-0.4, -0.2) is 11.1 Å². The van der Waals surface area contributed by atoms with Gasteiger partial charge in [0, 0.05) is 0 Å². The van der Waals surface area contributed by atoms with Gasteiger partial charge in [0.1, 0.15) is 12.4 Å². The molecule has 0 heterocycles. The summed E-state index contributed by atoms with van der Waals surface area (Å²) in [5, 5.41) is 8.93. The largest absolute Gasteiger partial charge is 0.489 e. The van der Waals surface area contributed by atoms with Crippen molar-refractivity contribution >= 4 is 5.97 Å². The summed E-state index contributed by atoms with van der Waals surface area (Å²) < 4.78 is 5.77. The molecule has 0 radical (unpaired) electrons. The molecule has 0 atom stereocenters. The van der Waals surface area contributed by atoms with Crippen molar-refractivity contribution in [1.82, 2.24) is 0 Å². The van der Waals surface area contributed by atoms with E-state index in [9.17, 15) is 4.79 Å². The molecule has 0 amide bonds. The smallest absolute Gasteiger partial charge is 0.335 e. The first-order valence-corrected chi connectivity index (χ1v) is 6.49. The van der Waals surface area contributed by atoms with Gasteiger partial charge in [-0.1, -0.05) is 29.3 Å². The molecule has 0 unspecified atom stereocenters. The van der Waals surface area contributed by atoms with Gasteiger partial charge in [-0.3, -0.25) is 0 Å². The summed E-state index contributed by atoms with van der Waals surface area (Å²) in [6.45, 7) is 6.45. The molecule has 0 aliphatic carbocycles. The highest BCUT2D eigenvalue weighted by Crippen LogP contribution is 2.21. The molecule has 0 fully saturated rings. The second-order valence-electron chi connectivity index (χ2n) is 5.07. The maximum Gasteiger partial charge on any atom is 0.335 e. The Morgan fingerprint density at radius 3 is 2.25 bits per heavy atom. The molecule has 0 aliphatic rings. The lowest BCUT2D eigenvalue weighted by molar-refractivity contribution is 0.0696. The zero-order chi connectivity index (χ0) is 14.7. The first-order chi connectivity index (χ1) is 9.45. The van der Waals surface area contributed by atoms with Crippen molar-refractivity contribution in [3.63, 3.8) is 0 Å². The fraction of sp³-hybridized carbons (Fsp3) is 0.235. The predicted molar refractivity (Wildman–Crippen MR) is 78.4 cm³/mol. The second-order valence-corrected chi connectivity index (χ2v) is 5.07. The van der Waals surface area contributed by atoms with Gasteiger partial charge in [0.15, 0.2) is 0 Å². The molecule has 0 aromatic heterocycles. The van der Waals surface area contributed by atoms with Crippen LogP contribution in [-0.2, 0) is 6.61 Å². The number of carboxylic acid groups (broad SMARTS) is 1. The fourth-order valence-corrected chi connectivity index (χ4v) is 2.26. The minimum absolute atomic E-state index is 0.279. The number of carbonyl (C=O) groups is 1. The van der Waals surface area contributed by atoms with E-state index in [0.29, 0.717) is 12.4 Å². The SMILES string of the molecule is Cc1cc(C)cc(COc2ccc(C(=O)O)cc2C)c1. The second kappa shape index (κ2) is 5.78. The Morgan fingerprint density at radius 2 is 1.70 bits per heavy atom. The Bertz CT molecular complexity index is 624. The van der Waals surface area contributed by atoms with Crippen molar-refractivity contribution in [1.29, 1.82) is 0 Å². The fourth-order valence-electron chi connectivity index (χ4n) is 2.26. The number of ether oxygens (including phenoxy) is 1. The van der Waals surface area contributed by atoms with Crippen molar-refractivity contribution < 1.29 is 14.6 Å². The molecule has 20 heavy (non-hydrogen) atoms. The van der Waals surface area contributed by atoms with Crippen LogP contribution >= 0.6 is 0 Å². The van der Waals surface area contributed by atoms with Crippen LogP contribution in [0.3, 0.4) is 0 Å². The Balaban J connectivity index is 2.12. The van der Waals surface area contributed by atoms with Crippen LogP contribution in [0.4, 0.5) is 0 Å². The number of aromatic carboxylic acids is 1. The third-order valence-electron chi connectivity index (χ3n) is 3.10. The van der Waals surface area contributed by atoms with E-state index in [1.54, 1.807) is 18.2 Å². The lowest BCUT2D eigenvalue weighted by Gasteiger charge is -2.11. The van der Waals surface area contributed by atoms with Crippen LogP contribution in [0.15, 0.2) is 36.4 Å². The molecule has 2 rings (SSSR count). The van der Waals surface area contributed by atoms with E-state index in [0.717, 1.165) is 11.1 Å². The molecule has 0 aliphatic heterocycles. The van der Waals surface area contributed by atoms with Crippen LogP contribution in [0.25, 0.3) is 0 Å². The number of hydrogen-bond donors (Lipinski definition) is 1. The van der Waals surface area contributed by atoms with Crippen LogP contribution in [0.5, 0.6) is 5.75 Å². The van der Waals surface area contributed by atoms with Gasteiger partial charge < -0.3 is 9.84 Å². The first-order valence-electron chi connectivity index (χ1n) is 6.49. The molecule has 0 spiro atoms. The number of rotatable bonds is 4. The summed E-state index contributed by atoms with van der Waals surface area (Å²) in [4.78, 5) is 10.9. The van der Waals surface area contributed by atoms with Crippen LogP contribution < -0.4 is 4.74 Å². The molecule has 3 nitrogen and oxygen atoms in total. The molecule has 0 saturated heterocycles. The first kappa shape index (κ1) is 14.1. The van der Waals surface area contributed by atoms with Gasteiger partial charge in [0.25, 0.3) is 0 Å². The summed E-state index contributed by atoms with van der Waals surface area (Å²) in [5.74, 6) is -0.205. The average Bonchev–Trinajstić information content (AvgIpc) is 2.36. The van der Waals surface area contributed by atoms with Gasteiger partial charge in [0.05, 0.1) is 5.56 Å². The van der Waals surface area contributed by atoms with Gasteiger partial charge in [-0.05, 0) is 50.1 Å². The summed E-state index contributed by atoms with van der Waals surface area (Å²) in [6, 6.07) is 11.2. The maximum atomic E-state index is 10.9. The summed E-state index contributed by atoms with van der Waals surface area (Å²) in [6.07, 6.45) is 0. The van der Waals surface area contributed by atoms with E-state index < -0.39 is 5.97 Å². The summed E-state index contributed by atoms with van der Waals surface area (Å²) >= 11 is 0. The standard InChI is InChI=1S/C17H18O3/c1-11-6-12(2)8-14(7-11)10-20-16-5-4-15(17(18)19)9-13(16)3/h4-9H,10H2,1-3H3,(H,18,19). The average molecular weight is 270 g/mol. The third-order valence-corrected chi connectivity index (χ3v) is 3.10. The lowest BCUT2D eigenvalue weighted by atomic mass is 10.1. The maximum absolute atomic E-state index is 10.9. The molecule has 0 bridgehead atoms. The van der Waals surface area contributed by atoms with Crippen molar-refractivity contribution in [2.75, 3.05) is 0 Å². The van der Waals surface area contributed by atoms with E-state index in [4.69, 9.17) is 9.84 Å². The van der Waals surface area contributed by atoms with E-state index in [2.05, 4.69) is 32.0 Å². The van der Waals surface area contributed by atoms with Gasteiger partial charge in [-0.25, -0.2) is 4.79 Å². The minimum Gasteiger partial charge on any atom is -0.489 e.